The molecule has 12 heavy (non-hydrogen) atoms. The zero-order valence-electron chi connectivity index (χ0n) is 7.68. The Morgan fingerprint density at radius 3 is 3.00 bits per heavy atom. The molecule has 1 heterocycles. The maximum atomic E-state index is 5.57. The molecule has 1 aliphatic rings. The SMILES string of the molecule is CCc1ccc2c(c1C)OCC2. The van der Waals surface area contributed by atoms with Crippen LogP contribution in [-0.4, -0.2) is 6.61 Å². The van der Waals surface area contributed by atoms with Crippen LogP contribution in [0.4, 0.5) is 0 Å². The van der Waals surface area contributed by atoms with Gasteiger partial charge in [-0.15, -0.1) is 0 Å². The van der Waals surface area contributed by atoms with Crippen molar-refractivity contribution < 1.29 is 4.74 Å². The van der Waals surface area contributed by atoms with Crippen LogP contribution in [0.3, 0.4) is 0 Å². The summed E-state index contributed by atoms with van der Waals surface area (Å²) in [5, 5.41) is 0. The third-order valence-electron chi connectivity index (χ3n) is 2.60. The van der Waals surface area contributed by atoms with Crippen LogP contribution in [0, 0.1) is 6.92 Å². The molecule has 0 aliphatic carbocycles. The van der Waals surface area contributed by atoms with Gasteiger partial charge < -0.3 is 4.74 Å². The second-order valence-corrected chi connectivity index (χ2v) is 3.29. The molecule has 1 aromatic rings. The minimum absolute atomic E-state index is 0.864. The Hall–Kier alpha value is -0.980. The summed E-state index contributed by atoms with van der Waals surface area (Å²) < 4.78 is 5.57. The van der Waals surface area contributed by atoms with E-state index < -0.39 is 0 Å². The largest absolute Gasteiger partial charge is 0.493 e. The summed E-state index contributed by atoms with van der Waals surface area (Å²) in [6.45, 7) is 5.20. The van der Waals surface area contributed by atoms with Crippen molar-refractivity contribution in [3.8, 4) is 5.75 Å². The van der Waals surface area contributed by atoms with Crippen molar-refractivity contribution in [3.05, 3.63) is 28.8 Å². The van der Waals surface area contributed by atoms with Crippen molar-refractivity contribution in [1.82, 2.24) is 0 Å². The standard InChI is InChI=1S/C11H14O/c1-3-9-4-5-10-6-7-12-11(10)8(9)2/h4-5H,3,6-7H2,1-2H3. The second-order valence-electron chi connectivity index (χ2n) is 3.29. The lowest BCUT2D eigenvalue weighted by Crippen LogP contribution is -1.91. The zero-order chi connectivity index (χ0) is 8.55. The van der Waals surface area contributed by atoms with Gasteiger partial charge in [-0.1, -0.05) is 19.1 Å². The summed E-state index contributed by atoms with van der Waals surface area (Å²) in [4.78, 5) is 0. The lowest BCUT2D eigenvalue weighted by atomic mass is 10.0. The van der Waals surface area contributed by atoms with Gasteiger partial charge in [0, 0.05) is 6.42 Å². The third kappa shape index (κ3) is 1.01. The first kappa shape index (κ1) is 7.66. The van der Waals surface area contributed by atoms with Crippen LogP contribution in [0.15, 0.2) is 12.1 Å². The number of ether oxygens (including phenoxy) is 1. The Morgan fingerprint density at radius 1 is 1.42 bits per heavy atom. The van der Waals surface area contributed by atoms with E-state index in [9.17, 15) is 0 Å². The average molecular weight is 162 g/mol. The third-order valence-corrected chi connectivity index (χ3v) is 2.60. The maximum absolute atomic E-state index is 5.57. The van der Waals surface area contributed by atoms with Gasteiger partial charge in [-0.2, -0.15) is 0 Å². The van der Waals surface area contributed by atoms with E-state index in [1.807, 2.05) is 0 Å². The second kappa shape index (κ2) is 2.81. The Kier molecular flexibility index (Phi) is 1.80. The lowest BCUT2D eigenvalue weighted by molar-refractivity contribution is 0.354. The minimum Gasteiger partial charge on any atom is -0.493 e. The van der Waals surface area contributed by atoms with E-state index in [-0.39, 0.29) is 0 Å². The quantitative estimate of drug-likeness (QED) is 0.616. The highest BCUT2D eigenvalue weighted by Gasteiger charge is 2.15. The lowest BCUT2D eigenvalue weighted by Gasteiger charge is -2.07. The van der Waals surface area contributed by atoms with Gasteiger partial charge in [0.05, 0.1) is 6.61 Å². The molecule has 0 spiro atoms. The van der Waals surface area contributed by atoms with Gasteiger partial charge in [0.1, 0.15) is 5.75 Å². The molecular formula is C11H14O. The normalized spacial score (nSPS) is 14.2. The van der Waals surface area contributed by atoms with Gasteiger partial charge in [-0.25, -0.2) is 0 Å². The van der Waals surface area contributed by atoms with Crippen molar-refractivity contribution in [2.75, 3.05) is 6.61 Å². The smallest absolute Gasteiger partial charge is 0.125 e. The fraction of sp³-hybridized carbons (Fsp3) is 0.455. The first-order valence-corrected chi connectivity index (χ1v) is 4.57. The van der Waals surface area contributed by atoms with Crippen LogP contribution in [0.1, 0.15) is 23.6 Å². The fourth-order valence-corrected chi connectivity index (χ4v) is 1.83. The minimum atomic E-state index is 0.864. The molecule has 0 radical (unpaired) electrons. The zero-order valence-corrected chi connectivity index (χ0v) is 7.68. The van der Waals surface area contributed by atoms with Gasteiger partial charge in [-0.05, 0) is 30.0 Å². The summed E-state index contributed by atoms with van der Waals surface area (Å²) in [5.41, 5.74) is 4.13. The van der Waals surface area contributed by atoms with Gasteiger partial charge in [-0.3, -0.25) is 0 Å². The predicted molar refractivity (Wildman–Crippen MR) is 49.8 cm³/mol. The van der Waals surface area contributed by atoms with Crippen LogP contribution >= 0.6 is 0 Å². The summed E-state index contributed by atoms with van der Waals surface area (Å²) in [5.74, 6) is 1.15. The monoisotopic (exact) mass is 162 g/mol. The summed E-state index contributed by atoms with van der Waals surface area (Å²) in [6, 6.07) is 4.43. The van der Waals surface area contributed by atoms with Crippen molar-refractivity contribution in [2.45, 2.75) is 26.7 Å². The number of hydrogen-bond donors (Lipinski definition) is 0. The van der Waals surface area contributed by atoms with E-state index >= 15 is 0 Å². The average Bonchev–Trinajstić information content (AvgIpc) is 2.53. The van der Waals surface area contributed by atoms with Crippen LogP contribution in [-0.2, 0) is 12.8 Å². The van der Waals surface area contributed by atoms with Crippen LogP contribution in [0.2, 0.25) is 0 Å². The van der Waals surface area contributed by atoms with Gasteiger partial charge >= 0.3 is 0 Å². The molecule has 64 valence electrons. The molecular weight excluding hydrogens is 148 g/mol. The molecule has 0 bridgehead atoms. The Morgan fingerprint density at radius 2 is 2.25 bits per heavy atom. The van der Waals surface area contributed by atoms with E-state index in [1.54, 1.807) is 0 Å². The van der Waals surface area contributed by atoms with E-state index in [4.69, 9.17) is 4.74 Å². The van der Waals surface area contributed by atoms with E-state index in [0.29, 0.717) is 0 Å². The van der Waals surface area contributed by atoms with Crippen LogP contribution in [0.5, 0.6) is 5.75 Å². The fourth-order valence-electron chi connectivity index (χ4n) is 1.83. The van der Waals surface area contributed by atoms with Crippen molar-refractivity contribution in [2.24, 2.45) is 0 Å². The molecule has 0 saturated carbocycles. The Labute approximate surface area is 73.4 Å². The summed E-state index contributed by atoms with van der Waals surface area (Å²) in [7, 11) is 0. The number of aryl methyl sites for hydroxylation is 1. The highest BCUT2D eigenvalue weighted by Crippen LogP contribution is 2.31. The first-order valence-electron chi connectivity index (χ1n) is 4.57. The predicted octanol–water partition coefficient (Wildman–Crippen LogP) is 2.49. The van der Waals surface area contributed by atoms with Crippen LogP contribution in [0.25, 0.3) is 0 Å². The number of hydrogen-bond acceptors (Lipinski definition) is 1. The highest BCUT2D eigenvalue weighted by molar-refractivity contribution is 5.47. The summed E-state index contributed by atoms with van der Waals surface area (Å²) >= 11 is 0. The van der Waals surface area contributed by atoms with Crippen molar-refractivity contribution in [1.29, 1.82) is 0 Å². The van der Waals surface area contributed by atoms with E-state index in [0.717, 1.165) is 25.2 Å². The number of fused-ring (bicyclic) bond motifs is 1. The van der Waals surface area contributed by atoms with Crippen molar-refractivity contribution >= 4 is 0 Å². The Balaban J connectivity index is 2.54. The maximum Gasteiger partial charge on any atom is 0.125 e. The number of rotatable bonds is 1. The van der Waals surface area contributed by atoms with Gasteiger partial charge in [0.2, 0.25) is 0 Å². The van der Waals surface area contributed by atoms with Crippen LogP contribution < -0.4 is 4.74 Å². The molecule has 0 saturated heterocycles. The molecule has 1 nitrogen and oxygen atoms in total. The molecule has 0 N–H and O–H groups in total. The highest BCUT2D eigenvalue weighted by atomic mass is 16.5. The van der Waals surface area contributed by atoms with Crippen molar-refractivity contribution in [3.63, 3.8) is 0 Å². The molecule has 1 aliphatic heterocycles. The first-order chi connectivity index (χ1) is 5.83. The van der Waals surface area contributed by atoms with E-state index in [1.165, 1.54) is 16.7 Å². The molecule has 0 unspecified atom stereocenters. The van der Waals surface area contributed by atoms with E-state index in [2.05, 4.69) is 26.0 Å². The summed E-state index contributed by atoms with van der Waals surface area (Å²) in [6.07, 6.45) is 2.18. The molecule has 0 atom stereocenters. The van der Waals surface area contributed by atoms with Gasteiger partial charge in [0.25, 0.3) is 0 Å². The molecule has 0 aromatic heterocycles. The number of benzene rings is 1. The Bertz CT molecular complexity index is 302. The topological polar surface area (TPSA) is 9.23 Å². The molecule has 1 heteroatoms. The molecule has 1 aromatic carbocycles. The molecule has 0 fully saturated rings. The molecule has 2 rings (SSSR count). The molecule has 0 amide bonds. The van der Waals surface area contributed by atoms with Gasteiger partial charge in [0.15, 0.2) is 0 Å².